The highest BCUT2D eigenvalue weighted by Gasteiger charge is 2.32. The lowest BCUT2D eigenvalue weighted by atomic mass is 10.1. The van der Waals surface area contributed by atoms with Crippen LogP contribution in [0.4, 0.5) is 5.69 Å². The van der Waals surface area contributed by atoms with Crippen molar-refractivity contribution in [2.75, 3.05) is 30.8 Å². The van der Waals surface area contributed by atoms with Gasteiger partial charge in [0.2, 0.25) is 21.8 Å². The molecule has 0 aliphatic rings. The second-order valence-electron chi connectivity index (χ2n) is 8.31. The molecule has 1 atom stereocenters. The van der Waals surface area contributed by atoms with Crippen LogP contribution in [0, 0.1) is 6.92 Å². The van der Waals surface area contributed by atoms with Crippen molar-refractivity contribution in [2.24, 2.45) is 0 Å². The lowest BCUT2D eigenvalue weighted by molar-refractivity contribution is -0.140. The average molecular weight is 524 g/mol. The summed E-state index contributed by atoms with van der Waals surface area (Å²) in [4.78, 5) is 28.0. The molecule has 35 heavy (non-hydrogen) atoms. The van der Waals surface area contributed by atoms with Crippen LogP contribution in [0.3, 0.4) is 0 Å². The molecule has 0 spiro atoms. The molecule has 1 N–H and O–H groups in total. The Balaban J connectivity index is 2.48. The first-order chi connectivity index (χ1) is 16.5. The molecule has 2 rings (SSSR count). The highest BCUT2D eigenvalue weighted by Crippen LogP contribution is 2.31. The summed E-state index contributed by atoms with van der Waals surface area (Å²) in [5.41, 5.74) is 1.84. The van der Waals surface area contributed by atoms with E-state index in [0.29, 0.717) is 23.7 Å². The molecular weight excluding hydrogens is 490 g/mol. The Hall–Kier alpha value is -2.78. The van der Waals surface area contributed by atoms with E-state index in [9.17, 15) is 18.0 Å². The van der Waals surface area contributed by atoms with Crippen molar-refractivity contribution in [3.63, 3.8) is 0 Å². The molecule has 8 nitrogen and oxygen atoms in total. The molecule has 2 amide bonds. The van der Waals surface area contributed by atoms with Crippen molar-refractivity contribution in [1.82, 2.24) is 10.2 Å². The molecule has 0 fully saturated rings. The number of hydrogen-bond donors (Lipinski definition) is 1. The molecule has 0 aliphatic heterocycles. The highest BCUT2D eigenvalue weighted by molar-refractivity contribution is 7.92. The summed E-state index contributed by atoms with van der Waals surface area (Å²) in [6.45, 7) is 5.70. The quantitative estimate of drug-likeness (QED) is 0.457. The molecule has 2 aromatic rings. The van der Waals surface area contributed by atoms with E-state index in [2.05, 4.69) is 5.32 Å². The third-order valence-corrected chi connectivity index (χ3v) is 6.86. The second kappa shape index (κ2) is 12.8. The number of sulfonamides is 1. The normalized spacial score (nSPS) is 12.1. The van der Waals surface area contributed by atoms with Crippen LogP contribution in [0.15, 0.2) is 42.5 Å². The minimum Gasteiger partial charge on any atom is -0.495 e. The number of hydrogen-bond acceptors (Lipinski definition) is 5. The predicted molar refractivity (Wildman–Crippen MR) is 139 cm³/mol. The molecule has 10 heteroatoms. The van der Waals surface area contributed by atoms with Crippen LogP contribution in [0.2, 0.25) is 5.02 Å². The molecule has 0 radical (unpaired) electrons. The summed E-state index contributed by atoms with van der Waals surface area (Å²) in [7, 11) is -2.41. The van der Waals surface area contributed by atoms with Gasteiger partial charge in [0.25, 0.3) is 0 Å². The molecule has 0 unspecified atom stereocenters. The Kier molecular flexibility index (Phi) is 10.4. The van der Waals surface area contributed by atoms with E-state index in [0.717, 1.165) is 28.1 Å². The van der Waals surface area contributed by atoms with Crippen molar-refractivity contribution in [2.45, 2.75) is 46.2 Å². The van der Waals surface area contributed by atoms with Gasteiger partial charge in [0.1, 0.15) is 18.3 Å². The molecule has 0 aromatic heterocycles. The average Bonchev–Trinajstić information content (AvgIpc) is 2.81. The van der Waals surface area contributed by atoms with Crippen molar-refractivity contribution in [3.05, 3.63) is 58.6 Å². The van der Waals surface area contributed by atoms with E-state index in [1.165, 1.54) is 12.0 Å². The summed E-state index contributed by atoms with van der Waals surface area (Å²) in [6.07, 6.45) is 2.15. The topological polar surface area (TPSA) is 96.0 Å². The minimum absolute atomic E-state index is 0.122. The maximum Gasteiger partial charge on any atom is 0.244 e. The molecule has 0 saturated carbocycles. The van der Waals surface area contributed by atoms with Crippen LogP contribution in [0.25, 0.3) is 0 Å². The van der Waals surface area contributed by atoms with Gasteiger partial charge < -0.3 is 15.0 Å². The van der Waals surface area contributed by atoms with E-state index in [-0.39, 0.29) is 18.1 Å². The lowest BCUT2D eigenvalue weighted by Crippen LogP contribution is -2.52. The van der Waals surface area contributed by atoms with E-state index in [1.54, 1.807) is 42.5 Å². The van der Waals surface area contributed by atoms with Gasteiger partial charge in [-0.25, -0.2) is 8.42 Å². The minimum atomic E-state index is -3.85. The standard InChI is InChI=1S/C25H34ClN3O5S/c1-6-14-27-25(31)21(7-2)28(16-19-9-11-20(26)12-10-19)24(30)17-29(35(5,32)33)22-15-18(3)8-13-23(22)34-4/h8-13,15,21H,6-7,14,16-17H2,1-5H3,(H,27,31)/t21-/m1/s1. The first kappa shape index (κ1) is 28.5. The number of halogens is 1. The van der Waals surface area contributed by atoms with E-state index >= 15 is 0 Å². The number of benzene rings is 2. The van der Waals surface area contributed by atoms with Crippen LogP contribution < -0.4 is 14.4 Å². The molecule has 192 valence electrons. The first-order valence-corrected chi connectivity index (χ1v) is 13.7. The Bertz CT molecular complexity index is 1120. The fraction of sp³-hybridized carbons (Fsp3) is 0.440. The van der Waals surface area contributed by atoms with Gasteiger partial charge in [-0.2, -0.15) is 0 Å². The van der Waals surface area contributed by atoms with Crippen molar-refractivity contribution in [3.8, 4) is 5.75 Å². The second-order valence-corrected chi connectivity index (χ2v) is 10.7. The number of carbonyl (C=O) groups is 2. The predicted octanol–water partition coefficient (Wildman–Crippen LogP) is 3.76. The summed E-state index contributed by atoms with van der Waals surface area (Å²) in [5.74, 6) is -0.464. The Morgan fingerprint density at radius 2 is 1.77 bits per heavy atom. The molecule has 0 heterocycles. The van der Waals surface area contributed by atoms with E-state index < -0.39 is 28.5 Å². The van der Waals surface area contributed by atoms with Crippen LogP contribution in [0.5, 0.6) is 5.75 Å². The van der Waals surface area contributed by atoms with Gasteiger partial charge in [-0.3, -0.25) is 13.9 Å². The molecule has 2 aromatic carbocycles. The number of nitrogens with zero attached hydrogens (tertiary/aromatic N) is 2. The Morgan fingerprint density at radius 3 is 2.31 bits per heavy atom. The van der Waals surface area contributed by atoms with Gasteiger partial charge >= 0.3 is 0 Å². The molecular formula is C25H34ClN3O5S. The van der Waals surface area contributed by atoms with Crippen molar-refractivity contribution < 1.29 is 22.7 Å². The third-order valence-electron chi connectivity index (χ3n) is 5.48. The first-order valence-electron chi connectivity index (χ1n) is 11.5. The van der Waals surface area contributed by atoms with Gasteiger partial charge in [0, 0.05) is 18.1 Å². The summed E-state index contributed by atoms with van der Waals surface area (Å²) in [6, 6.07) is 11.3. The van der Waals surface area contributed by atoms with Crippen LogP contribution in [0.1, 0.15) is 37.8 Å². The molecule has 0 saturated heterocycles. The van der Waals surface area contributed by atoms with Crippen molar-refractivity contribution >= 4 is 39.1 Å². The summed E-state index contributed by atoms with van der Waals surface area (Å²) >= 11 is 6.01. The zero-order valence-corrected chi connectivity index (χ0v) is 22.4. The Morgan fingerprint density at radius 1 is 1.11 bits per heavy atom. The third kappa shape index (κ3) is 7.86. The summed E-state index contributed by atoms with van der Waals surface area (Å²) in [5, 5.41) is 3.40. The van der Waals surface area contributed by atoms with E-state index in [1.807, 2.05) is 20.8 Å². The number of nitrogens with one attached hydrogen (secondary N) is 1. The number of anilines is 1. The SMILES string of the molecule is CCCNC(=O)[C@@H](CC)N(Cc1ccc(Cl)cc1)C(=O)CN(c1cc(C)ccc1OC)S(C)(=O)=O. The smallest absolute Gasteiger partial charge is 0.244 e. The zero-order valence-electron chi connectivity index (χ0n) is 20.9. The number of methoxy groups -OCH3 is 1. The maximum absolute atomic E-state index is 13.7. The molecule has 0 bridgehead atoms. The van der Waals surface area contributed by atoms with Gasteiger partial charge in [-0.05, 0) is 55.2 Å². The number of ether oxygens (including phenoxy) is 1. The fourth-order valence-corrected chi connectivity index (χ4v) is 4.63. The van der Waals surface area contributed by atoms with Crippen molar-refractivity contribution in [1.29, 1.82) is 0 Å². The zero-order chi connectivity index (χ0) is 26.2. The lowest BCUT2D eigenvalue weighted by Gasteiger charge is -2.33. The van der Waals surface area contributed by atoms with Gasteiger partial charge in [-0.1, -0.05) is 43.6 Å². The maximum atomic E-state index is 13.7. The largest absolute Gasteiger partial charge is 0.495 e. The number of carbonyl (C=O) groups excluding carboxylic acids is 2. The summed E-state index contributed by atoms with van der Waals surface area (Å²) < 4.78 is 32.0. The monoisotopic (exact) mass is 523 g/mol. The number of aryl methyl sites for hydroxylation is 1. The number of rotatable bonds is 12. The van der Waals surface area contributed by atoms with Gasteiger partial charge in [0.05, 0.1) is 19.1 Å². The highest BCUT2D eigenvalue weighted by atomic mass is 35.5. The van der Waals surface area contributed by atoms with Gasteiger partial charge in [-0.15, -0.1) is 0 Å². The van der Waals surface area contributed by atoms with Crippen LogP contribution >= 0.6 is 11.6 Å². The fourth-order valence-electron chi connectivity index (χ4n) is 3.66. The van der Waals surface area contributed by atoms with E-state index in [4.69, 9.17) is 16.3 Å². The molecule has 0 aliphatic carbocycles. The Labute approximate surface area is 213 Å². The van der Waals surface area contributed by atoms with Crippen LogP contribution in [-0.2, 0) is 26.2 Å². The van der Waals surface area contributed by atoms with Crippen LogP contribution in [-0.4, -0.2) is 57.6 Å². The van der Waals surface area contributed by atoms with Gasteiger partial charge in [0.15, 0.2) is 0 Å². The number of amides is 2.